The molecule has 1 aliphatic rings. The molecule has 1 N–H and O–H groups in total. The van der Waals surface area contributed by atoms with E-state index in [4.69, 9.17) is 4.74 Å². The molecule has 1 unspecified atom stereocenters. The molecule has 1 amide bonds. The third-order valence-corrected chi connectivity index (χ3v) is 4.21. The van der Waals surface area contributed by atoms with Crippen molar-refractivity contribution < 1.29 is 9.53 Å². The third kappa shape index (κ3) is 4.45. The Balaban J connectivity index is 1.88. The van der Waals surface area contributed by atoms with Gasteiger partial charge >= 0.3 is 0 Å². The van der Waals surface area contributed by atoms with Crippen molar-refractivity contribution in [2.75, 3.05) is 13.2 Å². The minimum atomic E-state index is -0.288. The van der Waals surface area contributed by atoms with Crippen LogP contribution in [-0.2, 0) is 9.53 Å². The minimum Gasteiger partial charge on any atom is -0.376 e. The molecule has 0 saturated carbocycles. The third-order valence-electron chi connectivity index (χ3n) is 4.21. The number of ether oxygens (including phenoxy) is 1. The molecule has 5 heteroatoms. The lowest BCUT2D eigenvalue weighted by Gasteiger charge is -2.14. The quantitative estimate of drug-likeness (QED) is 0.852. The van der Waals surface area contributed by atoms with Gasteiger partial charge in [0, 0.05) is 25.4 Å². The molecule has 1 atom stereocenters. The van der Waals surface area contributed by atoms with Crippen LogP contribution in [0.5, 0.6) is 0 Å². The SMILES string of the molecule is Cc1ccc(C=C(C(=O)NCC2CCCO2)n2ccccc2=O)cc1. The second-order valence-corrected chi connectivity index (χ2v) is 6.19. The summed E-state index contributed by atoms with van der Waals surface area (Å²) in [6, 6.07) is 12.6. The summed E-state index contributed by atoms with van der Waals surface area (Å²) in [6.07, 6.45) is 5.35. The summed E-state index contributed by atoms with van der Waals surface area (Å²) >= 11 is 0. The zero-order chi connectivity index (χ0) is 17.6. The van der Waals surface area contributed by atoms with Gasteiger partial charge in [-0.2, -0.15) is 0 Å². The van der Waals surface area contributed by atoms with Crippen molar-refractivity contribution in [1.82, 2.24) is 9.88 Å². The highest BCUT2D eigenvalue weighted by molar-refractivity contribution is 6.18. The van der Waals surface area contributed by atoms with E-state index >= 15 is 0 Å². The molecule has 0 aliphatic carbocycles. The van der Waals surface area contributed by atoms with Crippen molar-refractivity contribution in [3.05, 3.63) is 70.1 Å². The van der Waals surface area contributed by atoms with E-state index in [9.17, 15) is 9.59 Å². The molecule has 1 aromatic heterocycles. The molecular weight excluding hydrogens is 316 g/mol. The average Bonchev–Trinajstić information content (AvgIpc) is 3.13. The first kappa shape index (κ1) is 17.2. The van der Waals surface area contributed by atoms with Gasteiger partial charge in [-0.3, -0.25) is 14.2 Å². The fourth-order valence-electron chi connectivity index (χ4n) is 2.79. The van der Waals surface area contributed by atoms with Gasteiger partial charge in [-0.05, 0) is 37.5 Å². The Morgan fingerprint density at radius 3 is 2.76 bits per heavy atom. The standard InChI is InChI=1S/C20H22N2O3/c1-15-7-9-16(10-8-15)13-18(22-11-3-2-6-19(22)23)20(24)21-14-17-5-4-12-25-17/h2-3,6-11,13,17H,4-5,12,14H2,1H3,(H,21,24). The molecule has 0 bridgehead atoms. The molecule has 1 aromatic carbocycles. The normalized spacial score (nSPS) is 17.5. The van der Waals surface area contributed by atoms with Crippen LogP contribution >= 0.6 is 0 Å². The maximum atomic E-state index is 12.7. The summed E-state index contributed by atoms with van der Waals surface area (Å²) in [6.45, 7) is 3.20. The highest BCUT2D eigenvalue weighted by Gasteiger charge is 2.18. The number of benzene rings is 1. The molecule has 0 radical (unpaired) electrons. The number of hydrogen-bond acceptors (Lipinski definition) is 3. The number of rotatable bonds is 5. The smallest absolute Gasteiger partial charge is 0.268 e. The molecule has 1 aliphatic heterocycles. The highest BCUT2D eigenvalue weighted by Crippen LogP contribution is 2.14. The predicted molar refractivity (Wildman–Crippen MR) is 98.0 cm³/mol. The summed E-state index contributed by atoms with van der Waals surface area (Å²) in [4.78, 5) is 24.9. The number of nitrogens with zero attached hydrogens (tertiary/aromatic N) is 1. The molecule has 2 aromatic rings. The zero-order valence-corrected chi connectivity index (χ0v) is 14.3. The molecule has 0 spiro atoms. The molecule has 2 heterocycles. The van der Waals surface area contributed by atoms with E-state index in [0.717, 1.165) is 30.6 Å². The Kier molecular flexibility index (Phi) is 5.46. The van der Waals surface area contributed by atoms with E-state index in [-0.39, 0.29) is 17.6 Å². The molecule has 25 heavy (non-hydrogen) atoms. The zero-order valence-electron chi connectivity index (χ0n) is 14.3. The second-order valence-electron chi connectivity index (χ2n) is 6.19. The Hall–Kier alpha value is -2.66. The molecule has 1 saturated heterocycles. The van der Waals surface area contributed by atoms with Crippen molar-refractivity contribution in [2.45, 2.75) is 25.9 Å². The Morgan fingerprint density at radius 2 is 2.08 bits per heavy atom. The first-order valence-electron chi connectivity index (χ1n) is 8.50. The molecule has 130 valence electrons. The van der Waals surface area contributed by atoms with Crippen molar-refractivity contribution in [3.63, 3.8) is 0 Å². The van der Waals surface area contributed by atoms with Gasteiger partial charge < -0.3 is 10.1 Å². The van der Waals surface area contributed by atoms with Crippen LogP contribution in [0.4, 0.5) is 0 Å². The molecule has 1 fully saturated rings. The number of aromatic nitrogens is 1. The van der Waals surface area contributed by atoms with E-state index in [1.54, 1.807) is 24.4 Å². The van der Waals surface area contributed by atoms with Crippen molar-refractivity contribution in [3.8, 4) is 0 Å². The Morgan fingerprint density at radius 1 is 1.28 bits per heavy atom. The van der Waals surface area contributed by atoms with Crippen LogP contribution in [0.3, 0.4) is 0 Å². The average molecular weight is 338 g/mol. The number of carbonyl (C=O) groups is 1. The van der Waals surface area contributed by atoms with Gasteiger partial charge in [0.2, 0.25) is 0 Å². The van der Waals surface area contributed by atoms with Crippen molar-refractivity contribution in [2.24, 2.45) is 0 Å². The number of amides is 1. The second kappa shape index (κ2) is 7.94. The van der Waals surface area contributed by atoms with Crippen LogP contribution in [0, 0.1) is 6.92 Å². The van der Waals surface area contributed by atoms with Gasteiger partial charge in [0.1, 0.15) is 5.70 Å². The van der Waals surface area contributed by atoms with Crippen LogP contribution in [-0.4, -0.2) is 29.7 Å². The Bertz CT molecular complexity index is 815. The van der Waals surface area contributed by atoms with Crippen molar-refractivity contribution in [1.29, 1.82) is 0 Å². The fraction of sp³-hybridized carbons (Fsp3) is 0.300. The summed E-state index contributed by atoms with van der Waals surface area (Å²) in [7, 11) is 0. The summed E-state index contributed by atoms with van der Waals surface area (Å²) in [5.41, 5.74) is 2.06. The number of hydrogen-bond donors (Lipinski definition) is 1. The highest BCUT2D eigenvalue weighted by atomic mass is 16.5. The lowest BCUT2D eigenvalue weighted by Crippen LogP contribution is -2.35. The first-order valence-corrected chi connectivity index (χ1v) is 8.50. The number of carbonyl (C=O) groups excluding carboxylic acids is 1. The number of nitrogens with one attached hydrogen (secondary N) is 1. The molecule has 5 nitrogen and oxygen atoms in total. The maximum absolute atomic E-state index is 12.7. The van der Waals surface area contributed by atoms with E-state index in [2.05, 4.69) is 5.32 Å². The van der Waals surface area contributed by atoms with E-state index < -0.39 is 0 Å². The van der Waals surface area contributed by atoms with Gasteiger partial charge in [-0.1, -0.05) is 35.9 Å². The van der Waals surface area contributed by atoms with Crippen LogP contribution in [0.2, 0.25) is 0 Å². The van der Waals surface area contributed by atoms with Crippen LogP contribution < -0.4 is 10.9 Å². The topological polar surface area (TPSA) is 60.3 Å². The Labute approximate surface area is 146 Å². The number of pyridine rings is 1. The van der Waals surface area contributed by atoms with E-state index in [0.29, 0.717) is 12.2 Å². The maximum Gasteiger partial charge on any atom is 0.268 e. The fourth-order valence-corrected chi connectivity index (χ4v) is 2.79. The first-order chi connectivity index (χ1) is 12.1. The van der Waals surface area contributed by atoms with Crippen LogP contribution in [0.1, 0.15) is 24.0 Å². The van der Waals surface area contributed by atoms with E-state index in [1.165, 1.54) is 10.6 Å². The predicted octanol–water partition coefficient (Wildman–Crippen LogP) is 2.45. The van der Waals surface area contributed by atoms with Crippen LogP contribution in [0.15, 0.2) is 53.5 Å². The van der Waals surface area contributed by atoms with Gasteiger partial charge in [0.15, 0.2) is 0 Å². The minimum absolute atomic E-state index is 0.0528. The van der Waals surface area contributed by atoms with Gasteiger partial charge in [-0.25, -0.2) is 0 Å². The van der Waals surface area contributed by atoms with Crippen molar-refractivity contribution >= 4 is 17.7 Å². The lowest BCUT2D eigenvalue weighted by molar-refractivity contribution is -0.116. The van der Waals surface area contributed by atoms with Gasteiger partial charge in [0.05, 0.1) is 6.10 Å². The largest absolute Gasteiger partial charge is 0.376 e. The monoisotopic (exact) mass is 338 g/mol. The number of aryl methyl sites for hydroxylation is 1. The molecular formula is C20H22N2O3. The van der Waals surface area contributed by atoms with E-state index in [1.807, 2.05) is 31.2 Å². The molecule has 3 rings (SSSR count). The summed E-state index contributed by atoms with van der Waals surface area (Å²) in [5.74, 6) is -0.288. The van der Waals surface area contributed by atoms with Gasteiger partial charge in [-0.15, -0.1) is 0 Å². The summed E-state index contributed by atoms with van der Waals surface area (Å²) < 4.78 is 6.91. The van der Waals surface area contributed by atoms with Gasteiger partial charge in [0.25, 0.3) is 11.5 Å². The summed E-state index contributed by atoms with van der Waals surface area (Å²) in [5, 5.41) is 2.89. The lowest BCUT2D eigenvalue weighted by atomic mass is 10.1. The van der Waals surface area contributed by atoms with Crippen LogP contribution in [0.25, 0.3) is 11.8 Å².